The Labute approximate surface area is 108 Å². The summed E-state index contributed by atoms with van der Waals surface area (Å²) in [4.78, 5) is 0. The summed E-state index contributed by atoms with van der Waals surface area (Å²) in [5.41, 5.74) is 1.16. The molecule has 0 saturated heterocycles. The Hall–Kier alpha value is -2.28. The summed E-state index contributed by atoms with van der Waals surface area (Å²) in [6.07, 6.45) is 0. The molecule has 1 N–H and O–H groups in total. The molecule has 3 aromatic rings. The summed E-state index contributed by atoms with van der Waals surface area (Å²) < 4.78 is 0. The van der Waals surface area contributed by atoms with Crippen LogP contribution in [0.1, 0.15) is 0 Å². The van der Waals surface area contributed by atoms with Gasteiger partial charge < -0.3 is 5.32 Å². The maximum absolute atomic E-state index is 3.03. The fraction of sp³-hybridized carbons (Fsp3) is 0.0588. The molecule has 0 fully saturated rings. The lowest BCUT2D eigenvalue weighted by atomic mass is 10.1. The molecule has 3 aromatic carbocycles. The van der Waals surface area contributed by atoms with Crippen molar-refractivity contribution in [3.63, 3.8) is 0 Å². The third kappa shape index (κ3) is 3.36. The average Bonchev–Trinajstić information content (AvgIpc) is 2.49. The highest BCUT2D eigenvalue weighted by Gasteiger charge is 1.85. The van der Waals surface area contributed by atoms with E-state index in [1.54, 1.807) is 0 Å². The maximum Gasteiger partial charge on any atom is 0.0337 e. The monoisotopic (exact) mass is 235 g/mol. The van der Waals surface area contributed by atoms with Gasteiger partial charge >= 0.3 is 0 Å². The molecule has 0 aliphatic rings. The Morgan fingerprint density at radius 1 is 0.556 bits per heavy atom. The second kappa shape index (κ2) is 6.45. The van der Waals surface area contributed by atoms with Gasteiger partial charge in [-0.3, -0.25) is 0 Å². The first kappa shape index (κ1) is 12.2. The molecule has 0 saturated carbocycles. The van der Waals surface area contributed by atoms with Crippen LogP contribution in [-0.2, 0) is 0 Å². The van der Waals surface area contributed by atoms with Gasteiger partial charge in [0.1, 0.15) is 0 Å². The van der Waals surface area contributed by atoms with E-state index < -0.39 is 0 Å². The van der Waals surface area contributed by atoms with Gasteiger partial charge in [0.2, 0.25) is 0 Å². The zero-order chi connectivity index (χ0) is 12.6. The van der Waals surface area contributed by atoms with E-state index in [0.29, 0.717) is 0 Å². The van der Waals surface area contributed by atoms with Gasteiger partial charge in [0.05, 0.1) is 0 Å². The van der Waals surface area contributed by atoms with E-state index in [-0.39, 0.29) is 0 Å². The highest BCUT2D eigenvalue weighted by Crippen LogP contribution is 2.11. The molecule has 0 amide bonds. The Morgan fingerprint density at radius 2 is 0.944 bits per heavy atom. The van der Waals surface area contributed by atoms with Gasteiger partial charge in [-0.2, -0.15) is 0 Å². The summed E-state index contributed by atoms with van der Waals surface area (Å²) >= 11 is 0. The number of benzene rings is 3. The van der Waals surface area contributed by atoms with Crippen LogP contribution in [-0.4, -0.2) is 7.05 Å². The van der Waals surface area contributed by atoms with Crippen molar-refractivity contribution in [1.29, 1.82) is 0 Å². The third-order valence-electron chi connectivity index (χ3n) is 2.72. The van der Waals surface area contributed by atoms with Crippen molar-refractivity contribution in [1.82, 2.24) is 0 Å². The molecule has 0 atom stereocenters. The predicted octanol–water partition coefficient (Wildman–Crippen LogP) is 4.57. The number of fused-ring (bicyclic) bond motifs is 1. The van der Waals surface area contributed by atoms with Crippen LogP contribution >= 0.6 is 0 Å². The lowest BCUT2D eigenvalue weighted by Gasteiger charge is -1.94. The van der Waals surface area contributed by atoms with Crippen molar-refractivity contribution in [2.75, 3.05) is 12.4 Å². The smallest absolute Gasteiger partial charge is 0.0337 e. The number of para-hydroxylation sites is 1. The van der Waals surface area contributed by atoms with Crippen LogP contribution in [0.4, 0.5) is 5.69 Å². The molecule has 0 bridgehead atoms. The zero-order valence-electron chi connectivity index (χ0n) is 10.5. The minimum atomic E-state index is 1.16. The van der Waals surface area contributed by atoms with Gasteiger partial charge in [0, 0.05) is 12.7 Å². The van der Waals surface area contributed by atoms with Gasteiger partial charge in [0.25, 0.3) is 0 Å². The van der Waals surface area contributed by atoms with E-state index in [4.69, 9.17) is 0 Å². The first-order valence-electron chi connectivity index (χ1n) is 6.07. The number of rotatable bonds is 1. The van der Waals surface area contributed by atoms with Crippen molar-refractivity contribution in [3.8, 4) is 0 Å². The van der Waals surface area contributed by atoms with Crippen LogP contribution in [0.25, 0.3) is 10.8 Å². The number of hydrogen-bond acceptors (Lipinski definition) is 1. The number of nitrogens with one attached hydrogen (secondary N) is 1. The van der Waals surface area contributed by atoms with E-state index in [0.717, 1.165) is 5.69 Å². The minimum absolute atomic E-state index is 1.16. The zero-order valence-corrected chi connectivity index (χ0v) is 10.5. The van der Waals surface area contributed by atoms with Crippen molar-refractivity contribution in [2.45, 2.75) is 0 Å². The molecular formula is C17H17N. The van der Waals surface area contributed by atoms with Gasteiger partial charge in [-0.1, -0.05) is 66.7 Å². The quantitative estimate of drug-likeness (QED) is 0.651. The van der Waals surface area contributed by atoms with Crippen LogP contribution in [0, 0.1) is 0 Å². The Bertz CT molecular complexity index is 522. The highest BCUT2D eigenvalue weighted by molar-refractivity contribution is 5.81. The molecule has 18 heavy (non-hydrogen) atoms. The molecule has 0 spiro atoms. The number of anilines is 1. The molecule has 0 aromatic heterocycles. The van der Waals surface area contributed by atoms with E-state index in [2.05, 4.69) is 53.8 Å². The van der Waals surface area contributed by atoms with Crippen molar-refractivity contribution >= 4 is 16.5 Å². The summed E-state index contributed by atoms with van der Waals surface area (Å²) in [7, 11) is 1.91. The predicted molar refractivity (Wildman–Crippen MR) is 79.9 cm³/mol. The van der Waals surface area contributed by atoms with Crippen molar-refractivity contribution in [3.05, 3.63) is 78.9 Å². The van der Waals surface area contributed by atoms with E-state index >= 15 is 0 Å². The van der Waals surface area contributed by atoms with E-state index in [1.165, 1.54) is 10.8 Å². The largest absolute Gasteiger partial charge is 0.388 e. The van der Waals surface area contributed by atoms with Crippen molar-refractivity contribution < 1.29 is 0 Å². The van der Waals surface area contributed by atoms with Gasteiger partial charge in [-0.05, 0) is 22.9 Å². The average molecular weight is 235 g/mol. The Kier molecular flexibility index (Phi) is 4.37. The van der Waals surface area contributed by atoms with E-state index in [9.17, 15) is 0 Å². The summed E-state index contributed by atoms with van der Waals surface area (Å²) in [6.45, 7) is 0. The third-order valence-corrected chi connectivity index (χ3v) is 2.72. The summed E-state index contributed by atoms with van der Waals surface area (Å²) in [5.74, 6) is 0. The molecule has 90 valence electrons. The van der Waals surface area contributed by atoms with Crippen LogP contribution in [0.2, 0.25) is 0 Å². The topological polar surface area (TPSA) is 12.0 Å². The normalized spacial score (nSPS) is 9.39. The molecule has 0 aliphatic carbocycles. The van der Waals surface area contributed by atoms with E-state index in [1.807, 2.05) is 37.4 Å². The molecule has 0 aliphatic heterocycles. The molecular weight excluding hydrogens is 218 g/mol. The Morgan fingerprint density at radius 3 is 1.28 bits per heavy atom. The SMILES string of the molecule is CNc1ccccc1.c1ccc2ccccc2c1. The lowest BCUT2D eigenvalue weighted by molar-refractivity contribution is 1.51. The second-order valence-electron chi connectivity index (χ2n) is 3.96. The van der Waals surface area contributed by atoms with Crippen LogP contribution < -0.4 is 5.32 Å². The maximum atomic E-state index is 3.03. The van der Waals surface area contributed by atoms with Gasteiger partial charge in [-0.25, -0.2) is 0 Å². The van der Waals surface area contributed by atoms with Crippen LogP contribution in [0.3, 0.4) is 0 Å². The van der Waals surface area contributed by atoms with Crippen LogP contribution in [0.5, 0.6) is 0 Å². The second-order valence-corrected chi connectivity index (χ2v) is 3.96. The fourth-order valence-corrected chi connectivity index (χ4v) is 1.74. The molecule has 1 nitrogen and oxygen atoms in total. The molecule has 0 heterocycles. The molecule has 1 heteroatoms. The minimum Gasteiger partial charge on any atom is -0.388 e. The standard InChI is InChI=1S/C10H8.C7H9N/c1-2-6-10-8-4-3-7-9(10)5-1;1-8-7-5-3-2-4-6-7/h1-8H;2-6,8H,1H3. The summed E-state index contributed by atoms with van der Waals surface area (Å²) in [6, 6.07) is 26.8. The fourth-order valence-electron chi connectivity index (χ4n) is 1.74. The lowest BCUT2D eigenvalue weighted by Crippen LogP contribution is -1.84. The Balaban J connectivity index is 0.000000138. The first-order chi connectivity index (χ1) is 8.90. The van der Waals surface area contributed by atoms with Gasteiger partial charge in [0.15, 0.2) is 0 Å². The van der Waals surface area contributed by atoms with Crippen LogP contribution in [0.15, 0.2) is 78.9 Å². The first-order valence-corrected chi connectivity index (χ1v) is 6.07. The number of hydrogen-bond donors (Lipinski definition) is 1. The molecule has 0 radical (unpaired) electrons. The molecule has 3 rings (SSSR count). The molecule has 0 unspecified atom stereocenters. The van der Waals surface area contributed by atoms with Gasteiger partial charge in [-0.15, -0.1) is 0 Å². The summed E-state index contributed by atoms with van der Waals surface area (Å²) in [5, 5.41) is 5.65. The van der Waals surface area contributed by atoms with Crippen molar-refractivity contribution in [2.24, 2.45) is 0 Å². The highest BCUT2D eigenvalue weighted by atomic mass is 14.8.